The van der Waals surface area contributed by atoms with Crippen LogP contribution < -0.4 is 10.2 Å². The van der Waals surface area contributed by atoms with E-state index >= 15 is 0 Å². The summed E-state index contributed by atoms with van der Waals surface area (Å²) in [5.74, 6) is -0.452. The molecule has 1 aliphatic rings. The Bertz CT molecular complexity index is 633. The summed E-state index contributed by atoms with van der Waals surface area (Å²) in [5.41, 5.74) is 1.51. The number of nitrogens with one attached hydrogen (secondary N) is 1. The molecule has 0 bridgehead atoms. The summed E-state index contributed by atoms with van der Waals surface area (Å²) in [5, 5.41) is 2.66. The molecule has 2 rings (SSSR count). The normalized spacial score (nSPS) is 15.8. The third kappa shape index (κ3) is 7.12. The summed E-state index contributed by atoms with van der Waals surface area (Å²) in [7, 11) is 0. The van der Waals surface area contributed by atoms with E-state index < -0.39 is 23.7 Å². The number of alkyl carbamates (subject to hydrolysis) is 1. The van der Waals surface area contributed by atoms with E-state index in [1.807, 2.05) is 12.1 Å². The molecule has 1 atom stereocenters. The van der Waals surface area contributed by atoms with Gasteiger partial charge in [-0.3, -0.25) is 0 Å². The average molecular weight is 376 g/mol. The summed E-state index contributed by atoms with van der Waals surface area (Å²) in [6, 6.07) is 7.37. The highest BCUT2D eigenvalue weighted by Gasteiger charge is 2.26. The largest absolute Gasteiger partial charge is 0.464 e. The lowest BCUT2D eigenvalue weighted by Crippen LogP contribution is -2.45. The van der Waals surface area contributed by atoms with Gasteiger partial charge in [-0.05, 0) is 64.7 Å². The highest BCUT2D eigenvalue weighted by Crippen LogP contribution is 2.21. The Morgan fingerprint density at radius 2 is 1.89 bits per heavy atom. The number of benzene rings is 1. The molecule has 0 unspecified atom stereocenters. The number of ether oxygens (including phenoxy) is 2. The molecule has 0 saturated carbocycles. The van der Waals surface area contributed by atoms with Crippen LogP contribution in [0.5, 0.6) is 0 Å². The Labute approximate surface area is 162 Å². The molecule has 0 aromatic heterocycles. The second-order valence-electron chi connectivity index (χ2n) is 7.87. The molecule has 1 aliphatic heterocycles. The standard InChI is InChI=1S/C21H32N2O4/c1-5-26-19(24)18(22-20(25)27-21(2,3)4)15-16-10-9-11-17(14-16)23-12-7-6-8-13-23/h9-11,14,18H,5-8,12-13,15H2,1-4H3,(H,22,25)/t18-/m1/s1. The summed E-state index contributed by atoms with van der Waals surface area (Å²) in [6.07, 6.45) is 3.43. The van der Waals surface area contributed by atoms with Gasteiger partial charge in [-0.2, -0.15) is 0 Å². The first-order valence-corrected chi connectivity index (χ1v) is 9.78. The van der Waals surface area contributed by atoms with Crippen molar-refractivity contribution in [2.75, 3.05) is 24.6 Å². The second kappa shape index (κ2) is 9.62. The highest BCUT2D eigenvalue weighted by atomic mass is 16.6. The fourth-order valence-corrected chi connectivity index (χ4v) is 3.15. The highest BCUT2D eigenvalue weighted by molar-refractivity contribution is 5.81. The zero-order valence-corrected chi connectivity index (χ0v) is 16.9. The van der Waals surface area contributed by atoms with E-state index in [2.05, 4.69) is 22.3 Å². The van der Waals surface area contributed by atoms with Gasteiger partial charge in [0.05, 0.1) is 6.61 Å². The quantitative estimate of drug-likeness (QED) is 0.767. The van der Waals surface area contributed by atoms with Gasteiger partial charge in [-0.1, -0.05) is 12.1 Å². The lowest BCUT2D eigenvalue weighted by molar-refractivity contribution is -0.145. The summed E-state index contributed by atoms with van der Waals surface area (Å²) < 4.78 is 10.4. The van der Waals surface area contributed by atoms with Crippen LogP contribution in [0.2, 0.25) is 0 Å². The minimum absolute atomic E-state index is 0.263. The summed E-state index contributed by atoms with van der Waals surface area (Å²) in [4.78, 5) is 26.8. The second-order valence-corrected chi connectivity index (χ2v) is 7.87. The maximum atomic E-state index is 12.3. The van der Waals surface area contributed by atoms with E-state index in [4.69, 9.17) is 9.47 Å². The molecule has 150 valence electrons. The summed E-state index contributed by atoms with van der Waals surface area (Å²) >= 11 is 0. The number of hydrogen-bond donors (Lipinski definition) is 1. The first-order chi connectivity index (χ1) is 12.8. The third-order valence-electron chi connectivity index (χ3n) is 4.33. The van der Waals surface area contributed by atoms with Crippen LogP contribution in [-0.2, 0) is 20.7 Å². The molecule has 0 spiro atoms. The van der Waals surface area contributed by atoms with Gasteiger partial charge in [-0.15, -0.1) is 0 Å². The maximum Gasteiger partial charge on any atom is 0.408 e. The van der Waals surface area contributed by atoms with Gasteiger partial charge in [-0.25, -0.2) is 9.59 Å². The molecule has 27 heavy (non-hydrogen) atoms. The Morgan fingerprint density at radius 1 is 1.19 bits per heavy atom. The summed E-state index contributed by atoms with van der Waals surface area (Å²) in [6.45, 7) is 9.48. The van der Waals surface area contributed by atoms with Crippen LogP contribution in [0.3, 0.4) is 0 Å². The number of carbonyl (C=O) groups excluding carboxylic acids is 2. The van der Waals surface area contributed by atoms with Gasteiger partial charge in [0.1, 0.15) is 11.6 Å². The number of hydrogen-bond acceptors (Lipinski definition) is 5. The first kappa shape index (κ1) is 21.1. The van der Waals surface area contributed by atoms with E-state index in [9.17, 15) is 9.59 Å². The van der Waals surface area contributed by atoms with Crippen molar-refractivity contribution in [3.8, 4) is 0 Å². The van der Waals surface area contributed by atoms with Gasteiger partial charge in [0.15, 0.2) is 0 Å². The molecule has 1 fully saturated rings. The Balaban J connectivity index is 2.09. The molecular weight excluding hydrogens is 344 g/mol. The fourth-order valence-electron chi connectivity index (χ4n) is 3.15. The Morgan fingerprint density at radius 3 is 2.52 bits per heavy atom. The van der Waals surface area contributed by atoms with Crippen molar-refractivity contribution in [1.29, 1.82) is 0 Å². The Kier molecular flexibility index (Phi) is 7.51. The van der Waals surface area contributed by atoms with Crippen LogP contribution in [-0.4, -0.2) is 43.4 Å². The lowest BCUT2D eigenvalue weighted by atomic mass is 10.0. The van der Waals surface area contributed by atoms with Crippen molar-refractivity contribution in [2.45, 2.75) is 65.0 Å². The van der Waals surface area contributed by atoms with Gasteiger partial charge in [0.2, 0.25) is 0 Å². The van der Waals surface area contributed by atoms with Crippen molar-refractivity contribution in [1.82, 2.24) is 5.32 Å². The van der Waals surface area contributed by atoms with E-state index in [0.29, 0.717) is 6.42 Å². The topological polar surface area (TPSA) is 67.9 Å². The van der Waals surface area contributed by atoms with Crippen LogP contribution in [0.4, 0.5) is 10.5 Å². The van der Waals surface area contributed by atoms with Crippen LogP contribution in [0, 0.1) is 0 Å². The van der Waals surface area contributed by atoms with Gasteiger partial charge < -0.3 is 19.7 Å². The minimum atomic E-state index is -0.781. The molecule has 6 nitrogen and oxygen atoms in total. The van der Waals surface area contributed by atoms with E-state index in [1.54, 1.807) is 27.7 Å². The van der Waals surface area contributed by atoms with Gasteiger partial charge in [0.25, 0.3) is 0 Å². The molecule has 1 heterocycles. The van der Waals surface area contributed by atoms with Crippen LogP contribution in [0.25, 0.3) is 0 Å². The van der Waals surface area contributed by atoms with Crippen molar-refractivity contribution >= 4 is 17.7 Å². The van der Waals surface area contributed by atoms with E-state index in [-0.39, 0.29) is 6.61 Å². The zero-order chi connectivity index (χ0) is 19.9. The number of rotatable bonds is 6. The van der Waals surface area contributed by atoms with Gasteiger partial charge in [0, 0.05) is 25.2 Å². The molecule has 0 radical (unpaired) electrons. The van der Waals surface area contributed by atoms with Crippen LogP contribution in [0.15, 0.2) is 24.3 Å². The SMILES string of the molecule is CCOC(=O)[C@@H](Cc1cccc(N2CCCCC2)c1)NC(=O)OC(C)(C)C. The number of amides is 1. The molecule has 1 amide bonds. The number of esters is 1. The predicted molar refractivity (Wildman–Crippen MR) is 106 cm³/mol. The minimum Gasteiger partial charge on any atom is -0.464 e. The molecule has 0 aliphatic carbocycles. The number of anilines is 1. The smallest absolute Gasteiger partial charge is 0.408 e. The first-order valence-electron chi connectivity index (χ1n) is 9.78. The Hall–Kier alpha value is -2.24. The van der Waals surface area contributed by atoms with Crippen molar-refractivity contribution < 1.29 is 19.1 Å². The fraction of sp³-hybridized carbons (Fsp3) is 0.619. The molecular formula is C21H32N2O4. The molecule has 1 N–H and O–H groups in total. The van der Waals surface area contributed by atoms with Crippen molar-refractivity contribution in [3.05, 3.63) is 29.8 Å². The number of nitrogens with zero attached hydrogens (tertiary/aromatic N) is 1. The predicted octanol–water partition coefficient (Wildman–Crippen LogP) is 3.68. The third-order valence-corrected chi connectivity index (χ3v) is 4.33. The molecule has 1 aromatic carbocycles. The van der Waals surface area contributed by atoms with Crippen molar-refractivity contribution in [3.63, 3.8) is 0 Å². The van der Waals surface area contributed by atoms with Gasteiger partial charge >= 0.3 is 12.1 Å². The maximum absolute atomic E-state index is 12.3. The number of piperidine rings is 1. The van der Waals surface area contributed by atoms with Crippen LogP contribution in [0.1, 0.15) is 52.5 Å². The lowest BCUT2D eigenvalue weighted by Gasteiger charge is -2.29. The molecule has 6 heteroatoms. The van der Waals surface area contributed by atoms with E-state index in [1.165, 1.54) is 19.3 Å². The molecule has 1 aromatic rings. The van der Waals surface area contributed by atoms with Crippen LogP contribution >= 0.6 is 0 Å². The average Bonchev–Trinajstić information content (AvgIpc) is 2.61. The van der Waals surface area contributed by atoms with Crippen molar-refractivity contribution in [2.24, 2.45) is 0 Å². The number of carbonyl (C=O) groups is 2. The monoisotopic (exact) mass is 376 g/mol. The zero-order valence-electron chi connectivity index (χ0n) is 16.9. The van der Waals surface area contributed by atoms with E-state index in [0.717, 1.165) is 24.3 Å². The molecule has 1 saturated heterocycles.